The summed E-state index contributed by atoms with van der Waals surface area (Å²) in [5.74, 6) is 0. The molecule has 0 unspecified atom stereocenters. The summed E-state index contributed by atoms with van der Waals surface area (Å²) < 4.78 is 5.16. The van der Waals surface area contributed by atoms with E-state index in [1.165, 1.54) is 96.5 Å². The van der Waals surface area contributed by atoms with E-state index in [1.54, 1.807) is 0 Å². The Morgan fingerprint density at radius 1 is 0.297 bits per heavy atom. The Labute approximate surface area is 374 Å². The predicted molar refractivity (Wildman–Crippen MR) is 276 cm³/mol. The summed E-state index contributed by atoms with van der Waals surface area (Å²) in [6, 6.07) is 96.5. The summed E-state index contributed by atoms with van der Waals surface area (Å²) in [6.45, 7) is 0. The molecule has 2 nitrogen and oxygen atoms in total. The van der Waals surface area contributed by atoms with Crippen LogP contribution < -0.4 is 41.5 Å². The average Bonchev–Trinajstić information content (AvgIpc) is 3.89. The maximum absolute atomic E-state index is 2.95. The Morgan fingerprint density at radius 2 is 0.750 bits per heavy atom. The molecule has 0 N–H and O–H groups in total. The molecule has 0 radical (unpaired) electrons. The molecule has 12 aromatic rings. The van der Waals surface area contributed by atoms with Gasteiger partial charge in [-0.1, -0.05) is 218 Å². The Kier molecular flexibility index (Phi) is 8.29. The number of para-hydroxylation sites is 3. The van der Waals surface area contributed by atoms with Crippen molar-refractivity contribution < 1.29 is 0 Å². The lowest BCUT2D eigenvalue weighted by Gasteiger charge is -2.40. The molecule has 0 aliphatic carbocycles. The van der Waals surface area contributed by atoms with Crippen LogP contribution in [0.25, 0.3) is 55.0 Å². The molecule has 0 fully saturated rings. The minimum Gasteiger partial charge on any atom is -0.309 e. The quantitative estimate of drug-likeness (QED) is 0.112. The Balaban J connectivity index is 1.20. The second kappa shape index (κ2) is 14.4. The molecule has 0 saturated heterocycles. The highest BCUT2D eigenvalue weighted by Gasteiger charge is 2.48. The highest BCUT2D eigenvalue weighted by Crippen LogP contribution is 2.39. The highest BCUT2D eigenvalue weighted by molar-refractivity contribution is 7.21. The SMILES string of the molecule is c1ccc([Si](c2ccccc2)(c2ccccc2)c2ccc3c4ccccc4n(-c4cc5c6c(c4)c4ccccc4n6-c4ccccc4[Si]5(c4ccccc4)c4ccccc4)c3c2)cc1. The smallest absolute Gasteiger partial charge is 0.184 e. The number of hydrogen-bond donors (Lipinski definition) is 0. The number of fused-ring (bicyclic) bond motifs is 8. The van der Waals surface area contributed by atoms with Gasteiger partial charge in [-0.3, -0.25) is 0 Å². The molecule has 0 saturated carbocycles. The molecule has 3 heterocycles. The fraction of sp³-hybridized carbons (Fsp3) is 0. The van der Waals surface area contributed by atoms with Gasteiger partial charge in [-0.05, 0) is 77.9 Å². The number of rotatable bonds is 7. The molecule has 0 amide bonds. The van der Waals surface area contributed by atoms with Gasteiger partial charge in [0.05, 0.1) is 22.1 Å². The Bertz CT molecular complexity index is 3570. The molecule has 300 valence electrons. The predicted octanol–water partition coefficient (Wildman–Crippen LogP) is 8.95. The van der Waals surface area contributed by atoms with Gasteiger partial charge < -0.3 is 9.13 Å². The van der Waals surface area contributed by atoms with Gasteiger partial charge in [-0.2, -0.15) is 0 Å². The summed E-state index contributed by atoms with van der Waals surface area (Å²) >= 11 is 0. The monoisotopic (exact) mass is 846 g/mol. The van der Waals surface area contributed by atoms with Crippen LogP contribution in [0, 0.1) is 0 Å². The van der Waals surface area contributed by atoms with Gasteiger partial charge >= 0.3 is 0 Å². The minimum atomic E-state index is -2.95. The zero-order chi connectivity index (χ0) is 42.2. The lowest BCUT2D eigenvalue weighted by molar-refractivity contribution is 1.17. The molecule has 13 rings (SSSR count). The summed E-state index contributed by atoms with van der Waals surface area (Å²) in [6.07, 6.45) is 0. The minimum absolute atomic E-state index is 1.18. The van der Waals surface area contributed by atoms with Gasteiger partial charge in [-0.15, -0.1) is 0 Å². The zero-order valence-corrected chi connectivity index (χ0v) is 37.1. The number of benzene rings is 10. The molecule has 2 aromatic heterocycles. The average molecular weight is 847 g/mol. The highest BCUT2D eigenvalue weighted by atomic mass is 28.3. The van der Waals surface area contributed by atoms with Gasteiger partial charge in [-0.25, -0.2) is 0 Å². The number of aromatic nitrogens is 2. The van der Waals surface area contributed by atoms with Gasteiger partial charge in [0.1, 0.15) is 0 Å². The first kappa shape index (κ1) is 36.8. The van der Waals surface area contributed by atoms with Crippen LogP contribution in [-0.2, 0) is 0 Å². The lowest BCUT2D eigenvalue weighted by atomic mass is 10.1. The van der Waals surface area contributed by atoms with Crippen molar-refractivity contribution in [3.8, 4) is 11.4 Å². The molecule has 1 aliphatic heterocycles. The largest absolute Gasteiger partial charge is 0.309 e. The topological polar surface area (TPSA) is 9.86 Å². The third-order valence-electron chi connectivity index (χ3n) is 14.1. The molecule has 0 bridgehead atoms. The van der Waals surface area contributed by atoms with E-state index >= 15 is 0 Å². The van der Waals surface area contributed by atoms with E-state index in [0.29, 0.717) is 0 Å². The van der Waals surface area contributed by atoms with E-state index in [2.05, 4.69) is 264 Å². The van der Waals surface area contributed by atoms with E-state index in [-0.39, 0.29) is 0 Å². The first-order chi connectivity index (χ1) is 31.8. The first-order valence-corrected chi connectivity index (χ1v) is 26.3. The molecule has 0 spiro atoms. The van der Waals surface area contributed by atoms with Crippen LogP contribution >= 0.6 is 0 Å². The summed E-state index contributed by atoms with van der Waals surface area (Å²) in [7, 11) is -5.78. The maximum Gasteiger partial charge on any atom is 0.184 e. The fourth-order valence-electron chi connectivity index (χ4n) is 11.6. The van der Waals surface area contributed by atoms with Crippen molar-refractivity contribution in [2.75, 3.05) is 0 Å². The van der Waals surface area contributed by atoms with Crippen LogP contribution in [0.4, 0.5) is 0 Å². The van der Waals surface area contributed by atoms with Crippen molar-refractivity contribution in [1.29, 1.82) is 0 Å². The normalized spacial score (nSPS) is 13.1. The van der Waals surface area contributed by atoms with Crippen LogP contribution in [0.1, 0.15) is 0 Å². The van der Waals surface area contributed by atoms with Crippen molar-refractivity contribution in [3.63, 3.8) is 0 Å². The van der Waals surface area contributed by atoms with Crippen LogP contribution in [0.5, 0.6) is 0 Å². The lowest BCUT2D eigenvalue weighted by Crippen LogP contribution is -2.76. The van der Waals surface area contributed by atoms with Gasteiger partial charge in [0.2, 0.25) is 0 Å². The standard InChI is InChI=1S/C60H42N2Si2/c1-6-22-44(23-7-1)63(45-24-8-2-9-25-45,46-26-10-3-11-27-46)49-38-39-52-50-32-16-18-34-54(50)61(57(52)42-49)43-40-53-51-33-17-19-35-55(51)62-56-36-20-21-37-58(56)64(59(41-43)60(53)62,47-28-12-4-13-29-47)48-30-14-5-15-31-48/h1-42H. The van der Waals surface area contributed by atoms with Crippen molar-refractivity contribution in [3.05, 3.63) is 255 Å². The van der Waals surface area contributed by atoms with E-state index in [0.717, 1.165) is 0 Å². The van der Waals surface area contributed by atoms with Crippen molar-refractivity contribution in [1.82, 2.24) is 9.13 Å². The molecule has 4 heteroatoms. The molecule has 0 atom stereocenters. The van der Waals surface area contributed by atoms with Gasteiger partial charge in [0.25, 0.3) is 0 Å². The second-order valence-corrected chi connectivity index (χ2v) is 24.7. The van der Waals surface area contributed by atoms with Crippen molar-refractivity contribution >= 4 is 101 Å². The third-order valence-corrected chi connectivity index (χ3v) is 23.7. The van der Waals surface area contributed by atoms with E-state index in [4.69, 9.17) is 0 Å². The molecular formula is C60H42N2Si2. The first-order valence-electron chi connectivity index (χ1n) is 22.3. The van der Waals surface area contributed by atoms with Gasteiger partial charge in [0, 0.05) is 32.9 Å². The number of nitrogens with zero attached hydrogens (tertiary/aromatic N) is 2. The number of hydrogen-bond acceptors (Lipinski definition) is 0. The summed E-state index contributed by atoms with van der Waals surface area (Å²) in [4.78, 5) is 0. The van der Waals surface area contributed by atoms with Crippen LogP contribution in [-0.4, -0.2) is 25.3 Å². The molecule has 1 aliphatic rings. The van der Waals surface area contributed by atoms with E-state index in [9.17, 15) is 0 Å². The van der Waals surface area contributed by atoms with Crippen LogP contribution in [0.3, 0.4) is 0 Å². The molecule has 10 aromatic carbocycles. The Hall–Kier alpha value is -7.77. The fourth-order valence-corrected chi connectivity index (χ4v) is 21.5. The maximum atomic E-state index is 2.59. The van der Waals surface area contributed by atoms with Gasteiger partial charge in [0.15, 0.2) is 16.1 Å². The summed E-state index contributed by atoms with van der Waals surface area (Å²) in [5.41, 5.74) is 7.44. The Morgan fingerprint density at radius 3 is 1.33 bits per heavy atom. The van der Waals surface area contributed by atoms with Crippen molar-refractivity contribution in [2.24, 2.45) is 0 Å². The van der Waals surface area contributed by atoms with Crippen molar-refractivity contribution in [2.45, 2.75) is 0 Å². The van der Waals surface area contributed by atoms with Crippen LogP contribution in [0.2, 0.25) is 0 Å². The molecule has 64 heavy (non-hydrogen) atoms. The second-order valence-electron chi connectivity index (χ2n) is 17.2. The summed E-state index contributed by atoms with van der Waals surface area (Å²) in [5, 5.41) is 16.1. The molecular weight excluding hydrogens is 805 g/mol. The van der Waals surface area contributed by atoms with E-state index in [1.807, 2.05) is 0 Å². The van der Waals surface area contributed by atoms with E-state index < -0.39 is 16.1 Å². The van der Waals surface area contributed by atoms with Crippen LogP contribution in [0.15, 0.2) is 255 Å². The third kappa shape index (κ3) is 5.06. The zero-order valence-electron chi connectivity index (χ0n) is 35.1.